The summed E-state index contributed by atoms with van der Waals surface area (Å²) in [4.78, 5) is 28.5. The number of anilines is 3. The Kier molecular flexibility index (Phi) is 6.44. The molecule has 4 heterocycles. The van der Waals surface area contributed by atoms with Gasteiger partial charge < -0.3 is 19.7 Å². The molecule has 36 heavy (non-hydrogen) atoms. The molecule has 4 aromatic rings. The highest BCUT2D eigenvalue weighted by Gasteiger charge is 2.25. The average Bonchev–Trinajstić information content (AvgIpc) is 3.22. The fourth-order valence-electron chi connectivity index (χ4n) is 4.48. The standard InChI is InChI=1S/C25H24ClF2N7O/c1-33(2)25(36)15-3-5-20(18(27)11-15)32-23-22-19(28)13-35(24(22)31-14-30-23)17-7-9-34(10-8-17)21-6-4-16(26)12-29-21/h3-6,11-14,17H,7-10H2,1-2H3,(H,30,31,32). The first-order valence-electron chi connectivity index (χ1n) is 11.5. The zero-order valence-corrected chi connectivity index (χ0v) is 20.5. The molecule has 1 aromatic carbocycles. The molecule has 1 fully saturated rings. The lowest BCUT2D eigenvalue weighted by Crippen LogP contribution is -2.35. The Morgan fingerprint density at radius 2 is 1.86 bits per heavy atom. The molecule has 1 aliphatic heterocycles. The van der Waals surface area contributed by atoms with Crippen molar-refractivity contribution < 1.29 is 13.6 Å². The Morgan fingerprint density at radius 1 is 1.08 bits per heavy atom. The zero-order valence-electron chi connectivity index (χ0n) is 19.8. The molecule has 1 N–H and O–H groups in total. The number of hydrogen-bond donors (Lipinski definition) is 1. The van der Waals surface area contributed by atoms with Gasteiger partial charge >= 0.3 is 0 Å². The first-order valence-corrected chi connectivity index (χ1v) is 11.9. The fourth-order valence-corrected chi connectivity index (χ4v) is 4.59. The highest BCUT2D eigenvalue weighted by molar-refractivity contribution is 6.30. The van der Waals surface area contributed by atoms with Gasteiger partial charge in [-0.3, -0.25) is 4.79 Å². The van der Waals surface area contributed by atoms with Crippen molar-refractivity contribution in [2.45, 2.75) is 18.9 Å². The number of piperidine rings is 1. The summed E-state index contributed by atoms with van der Waals surface area (Å²) in [5.74, 6) is -0.432. The van der Waals surface area contributed by atoms with Crippen LogP contribution >= 0.6 is 11.6 Å². The molecule has 0 aliphatic carbocycles. The van der Waals surface area contributed by atoms with Gasteiger partial charge in [-0.2, -0.15) is 0 Å². The van der Waals surface area contributed by atoms with E-state index in [0.717, 1.165) is 37.8 Å². The quantitative estimate of drug-likeness (QED) is 0.404. The molecule has 0 atom stereocenters. The molecule has 1 aliphatic rings. The van der Waals surface area contributed by atoms with E-state index in [1.807, 2.05) is 16.7 Å². The number of hydrogen-bond acceptors (Lipinski definition) is 6. The third-order valence-electron chi connectivity index (χ3n) is 6.33. The third-order valence-corrected chi connectivity index (χ3v) is 6.56. The predicted octanol–water partition coefficient (Wildman–Crippen LogP) is 5.04. The second kappa shape index (κ2) is 9.69. The van der Waals surface area contributed by atoms with Gasteiger partial charge in [-0.05, 0) is 43.2 Å². The molecule has 186 valence electrons. The minimum atomic E-state index is -0.641. The molecule has 0 bridgehead atoms. The van der Waals surface area contributed by atoms with Crippen LogP contribution < -0.4 is 10.2 Å². The number of rotatable bonds is 5. The normalized spacial score (nSPS) is 14.3. The maximum atomic E-state index is 15.1. The lowest BCUT2D eigenvalue weighted by molar-refractivity contribution is 0.0827. The van der Waals surface area contributed by atoms with Crippen LogP contribution in [0.15, 0.2) is 49.1 Å². The van der Waals surface area contributed by atoms with Crippen LogP contribution in [-0.2, 0) is 0 Å². The van der Waals surface area contributed by atoms with E-state index >= 15 is 4.39 Å². The number of carbonyl (C=O) groups excluding carboxylic acids is 1. The number of nitrogens with one attached hydrogen (secondary N) is 1. The highest BCUT2D eigenvalue weighted by Crippen LogP contribution is 2.33. The first-order chi connectivity index (χ1) is 17.3. The first kappa shape index (κ1) is 23.9. The van der Waals surface area contributed by atoms with E-state index in [2.05, 4.69) is 25.2 Å². The van der Waals surface area contributed by atoms with Gasteiger partial charge in [0, 0.05) is 51.2 Å². The highest BCUT2D eigenvalue weighted by atomic mass is 35.5. The van der Waals surface area contributed by atoms with Crippen molar-refractivity contribution in [3.05, 3.63) is 71.3 Å². The summed E-state index contributed by atoms with van der Waals surface area (Å²) < 4.78 is 31.7. The van der Waals surface area contributed by atoms with Gasteiger partial charge in [-0.15, -0.1) is 0 Å². The second-order valence-electron chi connectivity index (χ2n) is 8.88. The Bertz CT molecular complexity index is 1420. The van der Waals surface area contributed by atoms with E-state index in [9.17, 15) is 9.18 Å². The topological polar surface area (TPSA) is 79.2 Å². The lowest BCUT2D eigenvalue weighted by Gasteiger charge is -2.33. The Balaban J connectivity index is 1.38. The molecule has 1 saturated heterocycles. The van der Waals surface area contributed by atoms with Crippen LogP contribution in [0.3, 0.4) is 0 Å². The van der Waals surface area contributed by atoms with E-state index in [1.54, 1.807) is 20.3 Å². The average molecular weight is 512 g/mol. The number of pyridine rings is 1. The van der Waals surface area contributed by atoms with E-state index in [0.29, 0.717) is 10.7 Å². The molecule has 11 heteroatoms. The molecule has 0 saturated carbocycles. The summed E-state index contributed by atoms with van der Waals surface area (Å²) in [6.07, 6.45) is 5.93. The molecule has 5 rings (SSSR count). The molecule has 0 radical (unpaired) electrons. The molecule has 1 amide bonds. The largest absolute Gasteiger partial charge is 0.356 e. The van der Waals surface area contributed by atoms with E-state index in [1.165, 1.54) is 29.6 Å². The van der Waals surface area contributed by atoms with Crippen LogP contribution in [0.2, 0.25) is 5.02 Å². The summed E-state index contributed by atoms with van der Waals surface area (Å²) >= 11 is 5.94. The van der Waals surface area contributed by atoms with Crippen molar-refractivity contribution in [2.24, 2.45) is 0 Å². The van der Waals surface area contributed by atoms with Crippen LogP contribution in [0.5, 0.6) is 0 Å². The van der Waals surface area contributed by atoms with Crippen molar-refractivity contribution in [1.29, 1.82) is 0 Å². The summed E-state index contributed by atoms with van der Waals surface area (Å²) in [6.45, 7) is 1.50. The van der Waals surface area contributed by atoms with E-state index in [-0.39, 0.29) is 34.4 Å². The SMILES string of the molecule is CN(C)C(=O)c1ccc(Nc2ncnc3c2c(F)cn3C2CCN(c3ccc(Cl)cn3)CC2)c(F)c1. The van der Waals surface area contributed by atoms with Crippen LogP contribution in [0.4, 0.5) is 26.1 Å². The van der Waals surface area contributed by atoms with Gasteiger partial charge in [0.25, 0.3) is 5.91 Å². The maximum Gasteiger partial charge on any atom is 0.253 e. The van der Waals surface area contributed by atoms with Crippen molar-refractivity contribution >= 4 is 45.9 Å². The van der Waals surface area contributed by atoms with Crippen molar-refractivity contribution in [3.63, 3.8) is 0 Å². The maximum absolute atomic E-state index is 15.1. The number of fused-ring (bicyclic) bond motifs is 1. The van der Waals surface area contributed by atoms with Crippen molar-refractivity contribution in [1.82, 2.24) is 24.4 Å². The number of carbonyl (C=O) groups is 1. The van der Waals surface area contributed by atoms with E-state index < -0.39 is 11.6 Å². The Hall–Kier alpha value is -3.79. The smallest absolute Gasteiger partial charge is 0.253 e. The molecule has 3 aromatic heterocycles. The predicted molar refractivity (Wildman–Crippen MR) is 135 cm³/mol. The van der Waals surface area contributed by atoms with Crippen LogP contribution in [0.25, 0.3) is 11.0 Å². The Morgan fingerprint density at radius 3 is 2.53 bits per heavy atom. The van der Waals surface area contributed by atoms with Crippen LogP contribution in [0.1, 0.15) is 29.2 Å². The molecular weight excluding hydrogens is 488 g/mol. The fraction of sp³-hybridized carbons (Fsp3) is 0.280. The zero-order chi connectivity index (χ0) is 25.4. The minimum Gasteiger partial charge on any atom is -0.356 e. The molecule has 0 spiro atoms. The molecular formula is C25H24ClF2N7O. The summed E-state index contributed by atoms with van der Waals surface area (Å²) in [5, 5.41) is 3.64. The number of nitrogens with zero attached hydrogens (tertiary/aromatic N) is 6. The summed E-state index contributed by atoms with van der Waals surface area (Å²) in [6, 6.07) is 7.84. The van der Waals surface area contributed by atoms with Crippen molar-refractivity contribution in [2.75, 3.05) is 37.4 Å². The molecule has 8 nitrogen and oxygen atoms in total. The van der Waals surface area contributed by atoms with Crippen LogP contribution in [0, 0.1) is 11.6 Å². The summed E-state index contributed by atoms with van der Waals surface area (Å²) in [7, 11) is 3.19. The van der Waals surface area contributed by atoms with Gasteiger partial charge in [0.1, 0.15) is 29.4 Å². The number of halogens is 3. The lowest BCUT2D eigenvalue weighted by atomic mass is 10.0. The van der Waals surface area contributed by atoms with E-state index in [4.69, 9.17) is 11.6 Å². The monoisotopic (exact) mass is 511 g/mol. The Labute approximate surface area is 211 Å². The second-order valence-corrected chi connectivity index (χ2v) is 9.31. The third kappa shape index (κ3) is 4.56. The van der Waals surface area contributed by atoms with Gasteiger partial charge in [0.15, 0.2) is 5.82 Å². The van der Waals surface area contributed by atoms with Gasteiger partial charge in [0.2, 0.25) is 0 Å². The number of aromatic nitrogens is 4. The molecule has 0 unspecified atom stereocenters. The van der Waals surface area contributed by atoms with Crippen LogP contribution in [-0.4, -0.2) is 57.5 Å². The van der Waals surface area contributed by atoms with Gasteiger partial charge in [-0.1, -0.05) is 11.6 Å². The number of benzene rings is 1. The van der Waals surface area contributed by atoms with Gasteiger partial charge in [0.05, 0.1) is 16.1 Å². The summed E-state index contributed by atoms with van der Waals surface area (Å²) in [5.41, 5.74) is 0.738. The van der Waals surface area contributed by atoms with Gasteiger partial charge in [-0.25, -0.2) is 23.7 Å². The minimum absolute atomic E-state index is 0.0383. The van der Waals surface area contributed by atoms with Crippen molar-refractivity contribution in [3.8, 4) is 0 Å². The number of amides is 1.